The molecule has 5 heteroatoms. The zero-order chi connectivity index (χ0) is 15.8. The quantitative estimate of drug-likeness (QED) is 0.754. The third kappa shape index (κ3) is 5.39. The average molecular weight is 303 g/mol. The Labute approximate surface area is 131 Å². The molecule has 0 saturated heterocycles. The van der Waals surface area contributed by atoms with Crippen LogP contribution in [0.4, 0.5) is 4.79 Å². The molecule has 0 unspecified atom stereocenters. The number of benzene rings is 1. The van der Waals surface area contributed by atoms with Crippen LogP contribution in [0.2, 0.25) is 0 Å². The second-order valence-electron chi connectivity index (χ2n) is 5.96. The number of hydrogen-bond acceptors (Lipinski definition) is 2. The van der Waals surface area contributed by atoms with E-state index < -0.39 is 6.03 Å². The van der Waals surface area contributed by atoms with Gasteiger partial charge in [0.05, 0.1) is 0 Å². The second-order valence-corrected chi connectivity index (χ2v) is 5.96. The van der Waals surface area contributed by atoms with E-state index in [9.17, 15) is 9.59 Å². The number of carbonyl (C=O) groups is 2. The molecule has 1 aromatic carbocycles. The van der Waals surface area contributed by atoms with E-state index in [0.29, 0.717) is 12.1 Å². The second kappa shape index (κ2) is 8.41. The molecular weight excluding hydrogens is 278 g/mol. The van der Waals surface area contributed by atoms with Crippen molar-refractivity contribution in [1.82, 2.24) is 10.6 Å². The largest absolute Gasteiger partial charge is 0.352 e. The molecule has 1 saturated carbocycles. The summed E-state index contributed by atoms with van der Waals surface area (Å²) in [5.74, 6) is 0.738. The summed E-state index contributed by atoms with van der Waals surface area (Å²) in [6.07, 6.45) is 7.71. The van der Waals surface area contributed by atoms with E-state index in [4.69, 9.17) is 5.73 Å². The lowest BCUT2D eigenvalue weighted by Crippen LogP contribution is -2.28. The van der Waals surface area contributed by atoms with E-state index in [0.717, 1.165) is 24.4 Å². The van der Waals surface area contributed by atoms with Crippen molar-refractivity contribution in [3.8, 4) is 0 Å². The van der Waals surface area contributed by atoms with Crippen molar-refractivity contribution in [3.05, 3.63) is 35.4 Å². The lowest BCUT2D eigenvalue weighted by atomic mass is 9.87. The first-order valence-corrected chi connectivity index (χ1v) is 8.05. The summed E-state index contributed by atoms with van der Waals surface area (Å²) >= 11 is 0. The Morgan fingerprint density at radius 3 is 2.36 bits per heavy atom. The molecule has 1 aliphatic rings. The monoisotopic (exact) mass is 303 g/mol. The lowest BCUT2D eigenvalue weighted by Gasteiger charge is -2.21. The highest BCUT2D eigenvalue weighted by molar-refractivity contribution is 5.94. The lowest BCUT2D eigenvalue weighted by molar-refractivity contribution is 0.0950. The Bertz CT molecular complexity index is 493. The van der Waals surface area contributed by atoms with E-state index in [1.54, 1.807) is 12.1 Å². The molecule has 120 valence electrons. The van der Waals surface area contributed by atoms with Gasteiger partial charge in [-0.3, -0.25) is 4.79 Å². The molecule has 0 heterocycles. The zero-order valence-corrected chi connectivity index (χ0v) is 12.9. The van der Waals surface area contributed by atoms with Crippen molar-refractivity contribution in [1.29, 1.82) is 0 Å². The fraction of sp³-hybridized carbons (Fsp3) is 0.529. The van der Waals surface area contributed by atoms with Crippen LogP contribution in [0.1, 0.15) is 54.4 Å². The minimum absolute atomic E-state index is 0.0368. The molecule has 0 bridgehead atoms. The van der Waals surface area contributed by atoms with Gasteiger partial charge in [-0.15, -0.1) is 0 Å². The van der Waals surface area contributed by atoms with Gasteiger partial charge in [-0.2, -0.15) is 0 Å². The van der Waals surface area contributed by atoms with Gasteiger partial charge < -0.3 is 16.4 Å². The Hall–Kier alpha value is -2.04. The molecule has 1 aliphatic carbocycles. The van der Waals surface area contributed by atoms with Crippen LogP contribution in [0.3, 0.4) is 0 Å². The molecule has 0 radical (unpaired) electrons. The fourth-order valence-electron chi connectivity index (χ4n) is 2.93. The molecule has 5 nitrogen and oxygen atoms in total. The maximum atomic E-state index is 12.1. The number of nitrogens with one attached hydrogen (secondary N) is 2. The van der Waals surface area contributed by atoms with Crippen molar-refractivity contribution in [2.24, 2.45) is 11.7 Å². The minimum atomic E-state index is -0.551. The minimum Gasteiger partial charge on any atom is -0.352 e. The predicted octanol–water partition coefficient (Wildman–Crippen LogP) is 2.56. The molecule has 0 aliphatic heterocycles. The van der Waals surface area contributed by atoms with Gasteiger partial charge in [0.2, 0.25) is 0 Å². The maximum Gasteiger partial charge on any atom is 0.312 e. The van der Waals surface area contributed by atoms with Crippen LogP contribution < -0.4 is 16.4 Å². The van der Waals surface area contributed by atoms with E-state index in [1.807, 2.05) is 12.1 Å². The van der Waals surface area contributed by atoms with Gasteiger partial charge in [-0.1, -0.05) is 44.2 Å². The molecule has 2 rings (SSSR count). The first-order chi connectivity index (χ1) is 10.6. The zero-order valence-electron chi connectivity index (χ0n) is 12.9. The van der Waals surface area contributed by atoms with Crippen LogP contribution in [0.5, 0.6) is 0 Å². The van der Waals surface area contributed by atoms with E-state index >= 15 is 0 Å². The third-order valence-electron chi connectivity index (χ3n) is 4.25. The molecule has 0 atom stereocenters. The number of hydrogen-bond donors (Lipinski definition) is 3. The van der Waals surface area contributed by atoms with E-state index in [-0.39, 0.29) is 5.91 Å². The number of primary amides is 1. The number of nitrogens with two attached hydrogens (primary N) is 1. The number of rotatable bonds is 6. The highest BCUT2D eigenvalue weighted by Crippen LogP contribution is 2.25. The predicted molar refractivity (Wildman–Crippen MR) is 86.4 cm³/mol. The van der Waals surface area contributed by atoms with Gasteiger partial charge in [-0.05, 0) is 30.0 Å². The Balaban J connectivity index is 1.73. The molecule has 0 aromatic heterocycles. The molecular formula is C17H25N3O2. The normalized spacial score (nSPS) is 15.3. The molecule has 1 aromatic rings. The van der Waals surface area contributed by atoms with E-state index in [2.05, 4.69) is 10.6 Å². The Morgan fingerprint density at radius 1 is 1.05 bits per heavy atom. The molecule has 0 spiro atoms. The number of urea groups is 1. The first kappa shape index (κ1) is 16.3. The molecule has 3 amide bonds. The SMILES string of the molecule is NC(=O)NCc1ccc(C(=O)NCCC2CCCCC2)cc1. The van der Waals surface area contributed by atoms with Gasteiger partial charge in [0.1, 0.15) is 0 Å². The van der Waals surface area contributed by atoms with Crippen molar-refractivity contribution < 1.29 is 9.59 Å². The Kier molecular flexibility index (Phi) is 6.25. The van der Waals surface area contributed by atoms with Crippen molar-refractivity contribution in [3.63, 3.8) is 0 Å². The standard InChI is InChI=1S/C17H25N3O2/c18-17(22)20-12-14-6-8-15(9-7-14)16(21)19-11-10-13-4-2-1-3-5-13/h6-9,13H,1-5,10-12H2,(H,19,21)(H3,18,20,22). The maximum absolute atomic E-state index is 12.1. The van der Waals surface area contributed by atoms with Gasteiger partial charge >= 0.3 is 6.03 Å². The smallest absolute Gasteiger partial charge is 0.312 e. The fourth-order valence-corrected chi connectivity index (χ4v) is 2.93. The molecule has 1 fully saturated rings. The summed E-state index contributed by atoms with van der Waals surface area (Å²) in [6.45, 7) is 1.12. The van der Waals surface area contributed by atoms with Crippen molar-refractivity contribution >= 4 is 11.9 Å². The Morgan fingerprint density at radius 2 is 1.73 bits per heavy atom. The number of carbonyl (C=O) groups excluding carboxylic acids is 2. The average Bonchev–Trinajstić information content (AvgIpc) is 2.54. The van der Waals surface area contributed by atoms with Crippen LogP contribution in [0.25, 0.3) is 0 Å². The van der Waals surface area contributed by atoms with Crippen LogP contribution >= 0.6 is 0 Å². The highest BCUT2D eigenvalue weighted by Gasteiger charge is 2.13. The summed E-state index contributed by atoms with van der Waals surface area (Å²) in [6, 6.07) is 6.64. The van der Waals surface area contributed by atoms with Crippen LogP contribution in [0.15, 0.2) is 24.3 Å². The summed E-state index contributed by atoms with van der Waals surface area (Å²) < 4.78 is 0. The summed E-state index contributed by atoms with van der Waals surface area (Å²) in [5.41, 5.74) is 6.58. The van der Waals surface area contributed by atoms with Crippen molar-refractivity contribution in [2.45, 2.75) is 45.1 Å². The van der Waals surface area contributed by atoms with Crippen LogP contribution in [0, 0.1) is 5.92 Å². The first-order valence-electron chi connectivity index (χ1n) is 8.05. The van der Waals surface area contributed by atoms with Gasteiger partial charge in [0, 0.05) is 18.7 Å². The van der Waals surface area contributed by atoms with Crippen LogP contribution in [-0.4, -0.2) is 18.5 Å². The topological polar surface area (TPSA) is 84.2 Å². The highest BCUT2D eigenvalue weighted by atomic mass is 16.2. The van der Waals surface area contributed by atoms with Gasteiger partial charge in [0.25, 0.3) is 5.91 Å². The molecule has 4 N–H and O–H groups in total. The third-order valence-corrected chi connectivity index (χ3v) is 4.25. The summed E-state index contributed by atoms with van der Waals surface area (Å²) in [4.78, 5) is 22.7. The molecule has 22 heavy (non-hydrogen) atoms. The van der Waals surface area contributed by atoms with Crippen LogP contribution in [-0.2, 0) is 6.54 Å². The summed E-state index contributed by atoms with van der Waals surface area (Å²) in [5, 5.41) is 5.51. The van der Waals surface area contributed by atoms with Gasteiger partial charge in [-0.25, -0.2) is 4.79 Å². The summed E-state index contributed by atoms with van der Waals surface area (Å²) in [7, 11) is 0. The van der Waals surface area contributed by atoms with Gasteiger partial charge in [0.15, 0.2) is 0 Å². The number of amides is 3. The van der Waals surface area contributed by atoms with E-state index in [1.165, 1.54) is 32.1 Å². The van der Waals surface area contributed by atoms with Crippen molar-refractivity contribution in [2.75, 3.05) is 6.54 Å².